The van der Waals surface area contributed by atoms with E-state index < -0.39 is 0 Å². The molecule has 34 heavy (non-hydrogen) atoms. The number of carbonyl (C=O) groups is 1. The van der Waals surface area contributed by atoms with E-state index in [9.17, 15) is 4.79 Å². The van der Waals surface area contributed by atoms with E-state index in [1.807, 2.05) is 36.0 Å². The van der Waals surface area contributed by atoms with Gasteiger partial charge in [-0.15, -0.1) is 5.10 Å². The molecule has 0 bridgehead atoms. The van der Waals surface area contributed by atoms with Crippen LogP contribution < -0.4 is 20.1 Å². The number of nitrogens with zero attached hydrogens (tertiary/aromatic N) is 6. The molecule has 1 aliphatic heterocycles. The Morgan fingerprint density at radius 2 is 2.12 bits per heavy atom. The van der Waals surface area contributed by atoms with Crippen LogP contribution in [0.5, 0.6) is 11.6 Å². The molecule has 1 aromatic carbocycles. The third-order valence-electron chi connectivity index (χ3n) is 5.95. The molecule has 4 aromatic rings. The molecule has 11 heteroatoms. The van der Waals surface area contributed by atoms with Crippen LogP contribution in [0.2, 0.25) is 0 Å². The largest absolute Gasteiger partial charge is 0.494 e. The first-order valence-corrected chi connectivity index (χ1v) is 11.3. The summed E-state index contributed by atoms with van der Waals surface area (Å²) in [6.45, 7) is 1.36. The third-order valence-corrected chi connectivity index (χ3v) is 5.95. The molecule has 4 heterocycles. The quantitative estimate of drug-likeness (QED) is 0.450. The lowest BCUT2D eigenvalue weighted by molar-refractivity contribution is -0.117. The molecule has 6 rings (SSSR count). The summed E-state index contributed by atoms with van der Waals surface area (Å²) in [7, 11) is 3.43. The first kappa shape index (κ1) is 20.5. The minimum absolute atomic E-state index is 0.0150. The minimum Gasteiger partial charge on any atom is -0.494 e. The highest BCUT2D eigenvalue weighted by molar-refractivity contribution is 6.00. The lowest BCUT2D eigenvalue weighted by Gasteiger charge is -2.17. The molecule has 1 amide bonds. The van der Waals surface area contributed by atoms with Crippen LogP contribution in [0.25, 0.3) is 22.4 Å². The molecular weight excluding hydrogens is 436 g/mol. The third kappa shape index (κ3) is 3.58. The average Bonchev–Trinajstić information content (AvgIpc) is 3.50. The van der Waals surface area contributed by atoms with E-state index in [0.29, 0.717) is 41.2 Å². The zero-order valence-corrected chi connectivity index (χ0v) is 18.9. The van der Waals surface area contributed by atoms with Crippen molar-refractivity contribution >= 4 is 34.1 Å². The van der Waals surface area contributed by atoms with Gasteiger partial charge in [0.15, 0.2) is 17.2 Å². The van der Waals surface area contributed by atoms with Crippen LogP contribution in [0.3, 0.4) is 0 Å². The number of rotatable bonds is 6. The van der Waals surface area contributed by atoms with Crippen molar-refractivity contribution in [3.05, 3.63) is 30.6 Å². The Morgan fingerprint density at radius 1 is 1.24 bits per heavy atom. The van der Waals surface area contributed by atoms with Crippen molar-refractivity contribution in [1.29, 1.82) is 0 Å². The summed E-state index contributed by atoms with van der Waals surface area (Å²) in [5, 5.41) is 16.2. The molecule has 2 N–H and O–H groups in total. The van der Waals surface area contributed by atoms with Crippen molar-refractivity contribution in [3.63, 3.8) is 0 Å². The van der Waals surface area contributed by atoms with Crippen LogP contribution in [0.1, 0.15) is 19.3 Å². The maximum atomic E-state index is 12.4. The number of aryl methyl sites for hydroxylation is 2. The summed E-state index contributed by atoms with van der Waals surface area (Å²) in [6, 6.07) is 7.55. The van der Waals surface area contributed by atoms with E-state index >= 15 is 0 Å². The first-order valence-electron chi connectivity index (χ1n) is 11.3. The Hall–Kier alpha value is -4.15. The highest BCUT2D eigenvalue weighted by atomic mass is 16.5. The second kappa shape index (κ2) is 8.01. The average molecular weight is 460 g/mol. The number of methoxy groups -OCH3 is 1. The molecule has 2 aliphatic rings. The van der Waals surface area contributed by atoms with Crippen LogP contribution >= 0.6 is 0 Å². The van der Waals surface area contributed by atoms with Gasteiger partial charge in [0.05, 0.1) is 30.7 Å². The zero-order valence-electron chi connectivity index (χ0n) is 18.9. The molecule has 0 atom stereocenters. The Labute approximate surface area is 195 Å². The number of hydrogen-bond donors (Lipinski definition) is 2. The summed E-state index contributed by atoms with van der Waals surface area (Å²) < 4.78 is 15.2. The van der Waals surface area contributed by atoms with Crippen molar-refractivity contribution in [2.24, 2.45) is 13.0 Å². The molecule has 0 saturated heterocycles. The number of pyridine rings is 1. The van der Waals surface area contributed by atoms with E-state index in [1.54, 1.807) is 18.1 Å². The van der Waals surface area contributed by atoms with Crippen LogP contribution in [0, 0.1) is 5.92 Å². The number of hydrogen-bond acceptors (Lipinski definition) is 8. The van der Waals surface area contributed by atoms with Crippen LogP contribution in [0.15, 0.2) is 30.6 Å². The number of fused-ring (bicyclic) bond motifs is 3. The number of benzene rings is 1. The smallest absolute Gasteiger partial charge is 0.228 e. The SMILES string of the molecule is COc1c(Nc2cc(NC(=O)C3CC3)nc3nn4c(c23)OCCC4)cccc1-c1ncn(C)n1. The summed E-state index contributed by atoms with van der Waals surface area (Å²) in [4.78, 5) is 21.4. The molecule has 11 nitrogen and oxygen atoms in total. The van der Waals surface area contributed by atoms with E-state index in [-0.39, 0.29) is 11.8 Å². The van der Waals surface area contributed by atoms with E-state index in [2.05, 4.69) is 30.8 Å². The van der Waals surface area contributed by atoms with Crippen molar-refractivity contribution in [2.45, 2.75) is 25.8 Å². The second-order valence-corrected chi connectivity index (χ2v) is 8.50. The number of para-hydroxylation sites is 1. The fourth-order valence-electron chi connectivity index (χ4n) is 4.16. The predicted molar refractivity (Wildman–Crippen MR) is 125 cm³/mol. The lowest BCUT2D eigenvalue weighted by Crippen LogP contribution is -2.14. The zero-order chi connectivity index (χ0) is 23.2. The number of ether oxygens (including phenoxy) is 2. The Bertz CT molecular complexity index is 1400. The van der Waals surface area contributed by atoms with E-state index in [4.69, 9.17) is 9.47 Å². The maximum absolute atomic E-state index is 12.4. The van der Waals surface area contributed by atoms with Gasteiger partial charge < -0.3 is 20.1 Å². The Morgan fingerprint density at radius 3 is 2.88 bits per heavy atom. The topological polar surface area (TPSA) is 121 Å². The van der Waals surface area contributed by atoms with Gasteiger partial charge in [0.1, 0.15) is 17.5 Å². The molecule has 3 aromatic heterocycles. The van der Waals surface area contributed by atoms with Crippen LogP contribution in [-0.2, 0) is 18.4 Å². The highest BCUT2D eigenvalue weighted by Crippen LogP contribution is 2.41. The summed E-state index contributed by atoms with van der Waals surface area (Å²) >= 11 is 0. The predicted octanol–water partition coefficient (Wildman–Crippen LogP) is 3.11. The number of amides is 1. The van der Waals surface area contributed by atoms with Crippen LogP contribution in [-0.4, -0.2) is 49.2 Å². The standard InChI is InChI=1S/C23H24N8O3/c1-30-12-24-20(28-30)14-5-3-6-15(19(14)33-2)25-16-11-17(27-22(32)13-7-8-13)26-21-18(16)23-31(29-21)9-4-10-34-23/h3,5-6,11-13,25H,4,7-10H2,1-2H3,(H,26,27,29,32). The fourth-order valence-corrected chi connectivity index (χ4v) is 4.16. The fraction of sp³-hybridized carbons (Fsp3) is 0.348. The molecule has 0 radical (unpaired) electrons. The number of aromatic nitrogens is 6. The van der Waals surface area contributed by atoms with Gasteiger partial charge in [-0.2, -0.15) is 5.10 Å². The van der Waals surface area contributed by atoms with Gasteiger partial charge in [0.25, 0.3) is 0 Å². The molecule has 174 valence electrons. The highest BCUT2D eigenvalue weighted by Gasteiger charge is 2.30. The number of nitrogens with one attached hydrogen (secondary N) is 2. The van der Waals surface area contributed by atoms with Gasteiger partial charge in [0.2, 0.25) is 11.8 Å². The second-order valence-electron chi connectivity index (χ2n) is 8.50. The summed E-state index contributed by atoms with van der Waals surface area (Å²) in [5.41, 5.74) is 2.70. The van der Waals surface area contributed by atoms with Crippen molar-refractivity contribution in [2.75, 3.05) is 24.4 Å². The van der Waals surface area contributed by atoms with Gasteiger partial charge in [0, 0.05) is 32.0 Å². The normalized spacial score (nSPS) is 15.0. The summed E-state index contributed by atoms with van der Waals surface area (Å²) in [5.74, 6) is 2.33. The van der Waals surface area contributed by atoms with Gasteiger partial charge in [-0.05, 0) is 25.0 Å². The van der Waals surface area contributed by atoms with Crippen molar-refractivity contribution in [3.8, 4) is 23.0 Å². The number of carbonyl (C=O) groups excluding carboxylic acids is 1. The van der Waals surface area contributed by atoms with Crippen molar-refractivity contribution in [1.82, 2.24) is 29.5 Å². The van der Waals surface area contributed by atoms with Crippen molar-refractivity contribution < 1.29 is 14.3 Å². The van der Waals surface area contributed by atoms with Gasteiger partial charge in [-0.3, -0.25) is 9.48 Å². The van der Waals surface area contributed by atoms with E-state index in [1.165, 1.54) is 0 Å². The van der Waals surface area contributed by atoms with E-state index in [0.717, 1.165) is 42.4 Å². The molecule has 0 spiro atoms. The Kier molecular flexibility index (Phi) is 4.82. The van der Waals surface area contributed by atoms with Gasteiger partial charge in [-0.1, -0.05) is 6.07 Å². The maximum Gasteiger partial charge on any atom is 0.228 e. The minimum atomic E-state index is -0.0150. The summed E-state index contributed by atoms with van der Waals surface area (Å²) in [6.07, 6.45) is 4.35. The monoisotopic (exact) mass is 460 g/mol. The van der Waals surface area contributed by atoms with Gasteiger partial charge >= 0.3 is 0 Å². The first-order chi connectivity index (χ1) is 16.6. The number of anilines is 3. The molecule has 1 aliphatic carbocycles. The lowest BCUT2D eigenvalue weighted by atomic mass is 10.1. The van der Waals surface area contributed by atoms with Gasteiger partial charge in [-0.25, -0.2) is 14.6 Å². The molecular formula is C23H24N8O3. The Balaban J connectivity index is 1.46. The molecule has 0 unspecified atom stereocenters. The molecule has 1 fully saturated rings. The van der Waals surface area contributed by atoms with Crippen LogP contribution in [0.4, 0.5) is 17.2 Å². The molecule has 1 saturated carbocycles.